The van der Waals surface area contributed by atoms with E-state index in [1.165, 1.54) is 6.92 Å². The Bertz CT molecular complexity index is 754. The highest BCUT2D eigenvalue weighted by molar-refractivity contribution is 5.94. The summed E-state index contributed by atoms with van der Waals surface area (Å²) in [5.74, 6) is -4.66. The van der Waals surface area contributed by atoms with Gasteiger partial charge in [0, 0.05) is 13.0 Å². The van der Waals surface area contributed by atoms with E-state index >= 15 is 0 Å². The SMILES string of the molecule is CC(C)CC(NC(=O)C(N)CCCN=C(N)N)C(=O)NC(C)C(=O)NC(CCC(=O)O)C(=O)O. The van der Waals surface area contributed by atoms with Crippen LogP contribution >= 0.6 is 0 Å². The standard InChI is InChI=1S/C20H37N7O7/c1-10(2)9-14(27-17(31)12(21)5-4-8-24-20(22)23)18(32)25-11(3)16(30)26-13(19(33)34)6-7-15(28)29/h10-14H,4-9,21H2,1-3H3,(H,25,32)(H,26,30)(H,27,31)(H,28,29)(H,33,34)(H4,22,23,24). The van der Waals surface area contributed by atoms with Gasteiger partial charge in [-0.15, -0.1) is 0 Å². The number of guanidine groups is 1. The summed E-state index contributed by atoms with van der Waals surface area (Å²) in [5.41, 5.74) is 16.4. The number of carbonyl (C=O) groups excluding carboxylic acids is 3. The lowest BCUT2D eigenvalue weighted by molar-refractivity contribution is -0.143. The molecule has 4 unspecified atom stereocenters. The Balaban J connectivity index is 5.01. The van der Waals surface area contributed by atoms with Gasteiger partial charge >= 0.3 is 11.9 Å². The zero-order valence-electron chi connectivity index (χ0n) is 19.7. The first-order valence-electron chi connectivity index (χ1n) is 10.9. The van der Waals surface area contributed by atoms with Crippen LogP contribution in [-0.4, -0.2) is 76.5 Å². The van der Waals surface area contributed by atoms with Crippen LogP contribution in [0.1, 0.15) is 52.9 Å². The number of aliphatic imine (C=N–C) groups is 1. The van der Waals surface area contributed by atoms with Crippen LogP contribution in [0, 0.1) is 5.92 Å². The Hall–Kier alpha value is -3.42. The normalized spacial score (nSPS) is 14.3. The Labute approximate surface area is 198 Å². The van der Waals surface area contributed by atoms with Crippen LogP contribution in [0.4, 0.5) is 0 Å². The third-order valence-corrected chi connectivity index (χ3v) is 4.66. The van der Waals surface area contributed by atoms with E-state index in [0.29, 0.717) is 13.0 Å². The lowest BCUT2D eigenvalue weighted by Gasteiger charge is -2.24. The van der Waals surface area contributed by atoms with Crippen LogP contribution in [0.25, 0.3) is 0 Å². The first-order chi connectivity index (χ1) is 15.7. The van der Waals surface area contributed by atoms with Gasteiger partial charge in [0.1, 0.15) is 18.1 Å². The van der Waals surface area contributed by atoms with Gasteiger partial charge in [-0.2, -0.15) is 0 Å². The molecule has 0 aromatic rings. The Morgan fingerprint density at radius 2 is 1.44 bits per heavy atom. The molecule has 14 heteroatoms. The summed E-state index contributed by atoms with van der Waals surface area (Å²) in [5, 5.41) is 25.1. The lowest BCUT2D eigenvalue weighted by atomic mass is 10.0. The summed E-state index contributed by atoms with van der Waals surface area (Å²) in [6.45, 7) is 5.33. The molecule has 0 heterocycles. The smallest absolute Gasteiger partial charge is 0.326 e. The highest BCUT2D eigenvalue weighted by atomic mass is 16.4. The lowest BCUT2D eigenvalue weighted by Crippen LogP contribution is -2.56. The van der Waals surface area contributed by atoms with Gasteiger partial charge < -0.3 is 43.4 Å². The molecule has 0 aliphatic rings. The molecule has 0 aliphatic carbocycles. The maximum atomic E-state index is 12.7. The van der Waals surface area contributed by atoms with Gasteiger partial charge in [-0.3, -0.25) is 24.2 Å². The molecule has 3 amide bonds. The van der Waals surface area contributed by atoms with E-state index in [1.807, 2.05) is 13.8 Å². The number of carboxylic acids is 2. The minimum atomic E-state index is -1.42. The van der Waals surface area contributed by atoms with Crippen molar-refractivity contribution >= 4 is 35.6 Å². The second-order valence-corrected chi connectivity index (χ2v) is 8.31. The predicted octanol–water partition coefficient (Wildman–Crippen LogP) is -2.16. The Morgan fingerprint density at radius 3 is 1.94 bits per heavy atom. The molecule has 194 valence electrons. The van der Waals surface area contributed by atoms with E-state index in [2.05, 4.69) is 20.9 Å². The minimum Gasteiger partial charge on any atom is -0.481 e. The molecule has 11 N–H and O–H groups in total. The Morgan fingerprint density at radius 1 is 0.853 bits per heavy atom. The zero-order chi connectivity index (χ0) is 26.4. The fourth-order valence-electron chi connectivity index (χ4n) is 2.83. The van der Waals surface area contributed by atoms with Crippen LogP contribution in [0.3, 0.4) is 0 Å². The number of nitrogens with one attached hydrogen (secondary N) is 3. The number of aliphatic carboxylic acids is 2. The highest BCUT2D eigenvalue weighted by Gasteiger charge is 2.28. The number of carbonyl (C=O) groups is 5. The molecule has 0 saturated carbocycles. The molecule has 0 saturated heterocycles. The average molecular weight is 488 g/mol. The summed E-state index contributed by atoms with van der Waals surface area (Å²) in [6, 6.07) is -4.44. The van der Waals surface area contributed by atoms with Crippen molar-refractivity contribution in [3.05, 3.63) is 0 Å². The molecule has 14 nitrogen and oxygen atoms in total. The van der Waals surface area contributed by atoms with Crippen molar-refractivity contribution in [2.24, 2.45) is 28.1 Å². The number of rotatable bonds is 16. The monoisotopic (exact) mass is 487 g/mol. The third kappa shape index (κ3) is 13.2. The molecule has 4 atom stereocenters. The van der Waals surface area contributed by atoms with Crippen molar-refractivity contribution in [1.82, 2.24) is 16.0 Å². The second kappa shape index (κ2) is 15.4. The zero-order valence-corrected chi connectivity index (χ0v) is 19.7. The van der Waals surface area contributed by atoms with Crippen LogP contribution in [0.5, 0.6) is 0 Å². The molecule has 0 fully saturated rings. The van der Waals surface area contributed by atoms with Crippen LogP contribution in [0.15, 0.2) is 4.99 Å². The van der Waals surface area contributed by atoms with E-state index in [9.17, 15) is 24.0 Å². The van der Waals surface area contributed by atoms with Crippen molar-refractivity contribution in [3.63, 3.8) is 0 Å². The molecule has 0 rings (SSSR count). The van der Waals surface area contributed by atoms with Crippen molar-refractivity contribution in [2.45, 2.75) is 77.0 Å². The van der Waals surface area contributed by atoms with E-state index in [-0.39, 0.29) is 31.1 Å². The maximum Gasteiger partial charge on any atom is 0.326 e. The van der Waals surface area contributed by atoms with Crippen LogP contribution in [0.2, 0.25) is 0 Å². The number of carboxylic acid groups (broad SMARTS) is 2. The second-order valence-electron chi connectivity index (χ2n) is 8.31. The molecule has 0 aromatic carbocycles. The number of hydrogen-bond donors (Lipinski definition) is 8. The van der Waals surface area contributed by atoms with Gasteiger partial charge in [0.2, 0.25) is 17.7 Å². The fourth-order valence-corrected chi connectivity index (χ4v) is 2.83. The summed E-state index contributed by atoms with van der Waals surface area (Å²) >= 11 is 0. The number of hydrogen-bond acceptors (Lipinski definition) is 7. The average Bonchev–Trinajstić information content (AvgIpc) is 2.72. The quantitative estimate of drug-likeness (QED) is 0.0664. The molecule has 0 spiro atoms. The third-order valence-electron chi connectivity index (χ3n) is 4.66. The molecule has 0 radical (unpaired) electrons. The largest absolute Gasteiger partial charge is 0.481 e. The van der Waals surface area contributed by atoms with Crippen molar-refractivity contribution in [3.8, 4) is 0 Å². The molecule has 34 heavy (non-hydrogen) atoms. The molecule has 0 bridgehead atoms. The molecule has 0 aromatic heterocycles. The maximum absolute atomic E-state index is 12.7. The van der Waals surface area contributed by atoms with Gasteiger partial charge in [0.05, 0.1) is 6.04 Å². The van der Waals surface area contributed by atoms with Gasteiger partial charge in [0.15, 0.2) is 5.96 Å². The minimum absolute atomic E-state index is 0.0192. The van der Waals surface area contributed by atoms with Crippen LogP contribution in [-0.2, 0) is 24.0 Å². The summed E-state index contributed by atoms with van der Waals surface area (Å²) in [6.07, 6.45) is 0.238. The topological polar surface area (TPSA) is 252 Å². The van der Waals surface area contributed by atoms with Gasteiger partial charge in [-0.25, -0.2) is 4.79 Å². The van der Waals surface area contributed by atoms with E-state index < -0.39 is 60.2 Å². The fraction of sp³-hybridized carbons (Fsp3) is 0.700. The highest BCUT2D eigenvalue weighted by Crippen LogP contribution is 2.07. The van der Waals surface area contributed by atoms with Crippen molar-refractivity contribution < 1.29 is 34.2 Å². The number of amides is 3. The van der Waals surface area contributed by atoms with E-state index in [4.69, 9.17) is 27.4 Å². The van der Waals surface area contributed by atoms with E-state index in [1.54, 1.807) is 0 Å². The van der Waals surface area contributed by atoms with Gasteiger partial charge in [0.25, 0.3) is 0 Å². The van der Waals surface area contributed by atoms with Gasteiger partial charge in [-0.05, 0) is 38.5 Å². The Kier molecular flexibility index (Phi) is 13.9. The van der Waals surface area contributed by atoms with Crippen molar-refractivity contribution in [1.29, 1.82) is 0 Å². The first kappa shape index (κ1) is 30.6. The molecular formula is C20H37N7O7. The molecular weight excluding hydrogens is 450 g/mol. The summed E-state index contributed by atoms with van der Waals surface area (Å²) in [4.78, 5) is 63.2. The molecule has 0 aliphatic heterocycles. The number of nitrogens with zero attached hydrogens (tertiary/aromatic N) is 1. The van der Waals surface area contributed by atoms with Gasteiger partial charge in [-0.1, -0.05) is 13.8 Å². The first-order valence-corrected chi connectivity index (χ1v) is 10.9. The van der Waals surface area contributed by atoms with E-state index in [0.717, 1.165) is 0 Å². The summed E-state index contributed by atoms with van der Waals surface area (Å²) in [7, 11) is 0. The predicted molar refractivity (Wildman–Crippen MR) is 123 cm³/mol. The van der Waals surface area contributed by atoms with Crippen LogP contribution < -0.4 is 33.2 Å². The van der Waals surface area contributed by atoms with Crippen molar-refractivity contribution in [2.75, 3.05) is 6.54 Å². The summed E-state index contributed by atoms with van der Waals surface area (Å²) < 4.78 is 0. The number of nitrogens with two attached hydrogens (primary N) is 3.